The Morgan fingerprint density at radius 3 is 2.70 bits per heavy atom. The normalized spacial score (nSPS) is 18.1. The summed E-state index contributed by atoms with van der Waals surface area (Å²) in [5, 5.41) is 10.1. The van der Waals surface area contributed by atoms with Gasteiger partial charge in [-0.25, -0.2) is 4.79 Å². The number of hydrogen-bond acceptors (Lipinski definition) is 4. The first-order chi connectivity index (χ1) is 14.6. The van der Waals surface area contributed by atoms with Gasteiger partial charge in [-0.3, -0.25) is 9.69 Å². The Morgan fingerprint density at radius 2 is 1.90 bits per heavy atom. The Labute approximate surface area is 173 Å². The molecule has 1 aromatic heterocycles. The van der Waals surface area contributed by atoms with Crippen LogP contribution in [-0.2, 0) is 6.54 Å². The number of benzene rings is 2. The van der Waals surface area contributed by atoms with Gasteiger partial charge in [0.05, 0.1) is 5.56 Å². The maximum atomic E-state index is 12.9. The van der Waals surface area contributed by atoms with Crippen LogP contribution in [0.3, 0.4) is 0 Å². The molecule has 2 aliphatic rings. The lowest BCUT2D eigenvalue weighted by atomic mass is 10.0. The van der Waals surface area contributed by atoms with E-state index in [4.69, 9.17) is 9.84 Å². The number of ether oxygens (including phenoxy) is 1. The molecule has 2 N–H and O–H groups in total. The number of hydrogen-bond donors (Lipinski definition) is 2. The molecule has 0 bridgehead atoms. The fraction of sp³-hybridized carbons (Fsp3) is 0.217. The number of Topliss-reactive ketones (excluding diaryl/α,β-unsaturated/α-hetero) is 1. The molecule has 0 saturated carbocycles. The van der Waals surface area contributed by atoms with Crippen LogP contribution in [0.4, 0.5) is 4.79 Å². The van der Waals surface area contributed by atoms with Gasteiger partial charge in [0.1, 0.15) is 5.75 Å². The summed E-state index contributed by atoms with van der Waals surface area (Å²) in [6.07, 6.45) is 2.78. The van der Waals surface area contributed by atoms with Crippen molar-refractivity contribution < 1.29 is 19.4 Å². The van der Waals surface area contributed by atoms with Gasteiger partial charge in [0, 0.05) is 61.0 Å². The number of rotatable bonds is 3. The van der Waals surface area contributed by atoms with E-state index in [9.17, 15) is 9.59 Å². The van der Waals surface area contributed by atoms with Crippen LogP contribution in [0.2, 0.25) is 0 Å². The van der Waals surface area contributed by atoms with E-state index in [0.717, 1.165) is 22.0 Å². The smallest absolute Gasteiger partial charge is 0.407 e. The van der Waals surface area contributed by atoms with Crippen molar-refractivity contribution in [2.75, 3.05) is 26.2 Å². The monoisotopic (exact) mass is 403 g/mol. The molecule has 1 amide bonds. The molecule has 0 radical (unpaired) electrons. The highest BCUT2D eigenvalue weighted by atomic mass is 16.5. The number of allylic oxidation sites excluding steroid dienone is 1. The Morgan fingerprint density at radius 1 is 1.10 bits per heavy atom. The summed E-state index contributed by atoms with van der Waals surface area (Å²) in [5.41, 5.74) is 3.43. The summed E-state index contributed by atoms with van der Waals surface area (Å²) in [4.78, 5) is 30.9. The number of piperazine rings is 1. The van der Waals surface area contributed by atoms with Gasteiger partial charge < -0.3 is 19.7 Å². The van der Waals surface area contributed by atoms with Gasteiger partial charge in [-0.05, 0) is 18.2 Å². The number of carbonyl (C=O) groups is 2. The lowest BCUT2D eigenvalue weighted by Crippen LogP contribution is -2.47. The van der Waals surface area contributed by atoms with Crippen LogP contribution in [0.25, 0.3) is 17.0 Å². The van der Waals surface area contributed by atoms with E-state index in [0.29, 0.717) is 49.8 Å². The molecule has 7 heteroatoms. The van der Waals surface area contributed by atoms with Gasteiger partial charge in [0.25, 0.3) is 0 Å². The summed E-state index contributed by atoms with van der Waals surface area (Å²) in [6.45, 7) is 2.89. The van der Waals surface area contributed by atoms with Gasteiger partial charge in [0.15, 0.2) is 5.76 Å². The van der Waals surface area contributed by atoms with Crippen molar-refractivity contribution >= 4 is 28.9 Å². The quantitative estimate of drug-likeness (QED) is 0.653. The summed E-state index contributed by atoms with van der Waals surface area (Å²) in [7, 11) is 0. The van der Waals surface area contributed by atoms with Crippen molar-refractivity contribution in [3.63, 3.8) is 0 Å². The molecule has 1 fully saturated rings. The molecule has 5 rings (SSSR count). The highest BCUT2D eigenvalue weighted by Crippen LogP contribution is 2.36. The number of carboxylic acid groups (broad SMARTS) is 1. The molecular weight excluding hydrogens is 382 g/mol. The highest BCUT2D eigenvalue weighted by Gasteiger charge is 2.30. The van der Waals surface area contributed by atoms with E-state index < -0.39 is 6.09 Å². The largest absolute Gasteiger partial charge is 0.465 e. The van der Waals surface area contributed by atoms with Gasteiger partial charge in [-0.1, -0.05) is 30.3 Å². The number of para-hydroxylation sites is 2. The number of nitrogens with zero attached hydrogens (tertiary/aromatic N) is 2. The molecule has 7 nitrogen and oxygen atoms in total. The second kappa shape index (κ2) is 7.35. The summed E-state index contributed by atoms with van der Waals surface area (Å²) < 4.78 is 6.04. The zero-order valence-electron chi connectivity index (χ0n) is 16.3. The third kappa shape index (κ3) is 3.23. The van der Waals surface area contributed by atoms with Crippen LogP contribution >= 0.6 is 0 Å². The van der Waals surface area contributed by atoms with E-state index in [1.54, 1.807) is 12.1 Å². The van der Waals surface area contributed by atoms with Crippen LogP contribution in [-0.4, -0.2) is 57.9 Å². The Kier molecular flexibility index (Phi) is 4.52. The lowest BCUT2D eigenvalue weighted by Gasteiger charge is -2.33. The van der Waals surface area contributed by atoms with Crippen molar-refractivity contribution in [2.24, 2.45) is 0 Å². The predicted molar refractivity (Wildman–Crippen MR) is 113 cm³/mol. The average Bonchev–Trinajstić information content (AvgIpc) is 3.31. The highest BCUT2D eigenvalue weighted by molar-refractivity contribution is 6.15. The number of H-pyrrole nitrogens is 1. The van der Waals surface area contributed by atoms with Crippen molar-refractivity contribution in [2.45, 2.75) is 6.54 Å². The van der Waals surface area contributed by atoms with Gasteiger partial charge in [-0.2, -0.15) is 0 Å². The molecule has 1 saturated heterocycles. The molecule has 3 aromatic rings. The van der Waals surface area contributed by atoms with E-state index in [-0.39, 0.29) is 5.78 Å². The topological polar surface area (TPSA) is 85.9 Å². The van der Waals surface area contributed by atoms with E-state index in [1.165, 1.54) is 4.90 Å². The molecule has 30 heavy (non-hydrogen) atoms. The van der Waals surface area contributed by atoms with Crippen LogP contribution in [0.15, 0.2) is 54.4 Å². The number of carbonyl (C=O) groups excluding carboxylic acids is 1. The molecule has 0 spiro atoms. The average molecular weight is 403 g/mol. The first kappa shape index (κ1) is 18.4. The van der Waals surface area contributed by atoms with Crippen LogP contribution < -0.4 is 4.74 Å². The maximum absolute atomic E-state index is 12.9. The Hall–Kier alpha value is -3.58. The number of fused-ring (bicyclic) bond motifs is 2. The van der Waals surface area contributed by atoms with Crippen molar-refractivity contribution in [1.29, 1.82) is 0 Å². The third-order valence-corrected chi connectivity index (χ3v) is 5.72. The zero-order chi connectivity index (χ0) is 20.7. The fourth-order valence-corrected chi connectivity index (χ4v) is 4.09. The SMILES string of the molecule is O=C1C(=Cc2c[nH]c3ccccc23)Oc2c(CN3CCN(C(=O)O)CC3)cccc21. The minimum Gasteiger partial charge on any atom is -0.465 e. The van der Waals surface area contributed by atoms with Crippen molar-refractivity contribution in [1.82, 2.24) is 14.8 Å². The van der Waals surface area contributed by atoms with Crippen molar-refractivity contribution in [3.05, 3.63) is 71.1 Å². The summed E-state index contributed by atoms with van der Waals surface area (Å²) >= 11 is 0. The zero-order valence-corrected chi connectivity index (χ0v) is 16.3. The maximum Gasteiger partial charge on any atom is 0.407 e. The lowest BCUT2D eigenvalue weighted by molar-refractivity contribution is 0.101. The number of ketones is 1. The number of amides is 1. The van der Waals surface area contributed by atoms with Gasteiger partial charge >= 0.3 is 6.09 Å². The Bertz CT molecular complexity index is 1170. The molecule has 2 aliphatic heterocycles. The van der Waals surface area contributed by atoms with E-state index >= 15 is 0 Å². The standard InChI is InChI=1S/C23H21N3O4/c27-21-18-6-3-4-15(14-25-8-10-26(11-9-25)23(28)29)22(18)30-20(21)12-16-13-24-19-7-2-1-5-17(16)19/h1-7,12-13,24H,8-11,14H2,(H,28,29). The van der Waals surface area contributed by atoms with E-state index in [2.05, 4.69) is 9.88 Å². The summed E-state index contributed by atoms with van der Waals surface area (Å²) in [6, 6.07) is 13.6. The number of nitrogens with one attached hydrogen (secondary N) is 1. The minimum absolute atomic E-state index is 0.118. The molecule has 0 aliphatic carbocycles. The first-order valence-corrected chi connectivity index (χ1v) is 9.92. The molecule has 0 unspecified atom stereocenters. The second-order valence-corrected chi connectivity index (χ2v) is 7.57. The van der Waals surface area contributed by atoms with Gasteiger partial charge in [0.2, 0.25) is 5.78 Å². The van der Waals surface area contributed by atoms with Gasteiger partial charge in [-0.15, -0.1) is 0 Å². The fourth-order valence-electron chi connectivity index (χ4n) is 4.09. The van der Waals surface area contributed by atoms with Crippen LogP contribution in [0.1, 0.15) is 21.5 Å². The molecule has 0 atom stereocenters. The third-order valence-electron chi connectivity index (χ3n) is 5.72. The summed E-state index contributed by atoms with van der Waals surface area (Å²) in [5.74, 6) is 0.806. The van der Waals surface area contributed by atoms with Crippen LogP contribution in [0.5, 0.6) is 5.75 Å². The molecular formula is C23H21N3O4. The predicted octanol–water partition coefficient (Wildman–Crippen LogP) is 3.58. The second-order valence-electron chi connectivity index (χ2n) is 7.57. The minimum atomic E-state index is -0.878. The Balaban J connectivity index is 1.38. The molecule has 3 heterocycles. The van der Waals surface area contributed by atoms with E-state index in [1.807, 2.05) is 42.6 Å². The van der Waals surface area contributed by atoms with Crippen LogP contribution in [0, 0.1) is 0 Å². The van der Waals surface area contributed by atoms with Crippen molar-refractivity contribution in [3.8, 4) is 5.75 Å². The first-order valence-electron chi connectivity index (χ1n) is 9.92. The molecule has 2 aromatic carbocycles. The number of aromatic amines is 1. The number of aromatic nitrogens is 1. The molecule has 152 valence electrons.